The van der Waals surface area contributed by atoms with Gasteiger partial charge in [0.2, 0.25) is 0 Å². The lowest BCUT2D eigenvalue weighted by atomic mass is 10.3. The van der Waals surface area contributed by atoms with E-state index < -0.39 is 0 Å². The minimum atomic E-state index is 0.486. The van der Waals surface area contributed by atoms with Gasteiger partial charge >= 0.3 is 0 Å². The Labute approximate surface area is 61.9 Å². The van der Waals surface area contributed by atoms with Crippen LogP contribution < -0.4 is 0 Å². The average Bonchev–Trinajstić information content (AvgIpc) is 2.34. The third-order valence-electron chi connectivity index (χ3n) is 1.59. The van der Waals surface area contributed by atoms with Gasteiger partial charge in [-0.1, -0.05) is 6.92 Å². The van der Waals surface area contributed by atoms with Gasteiger partial charge in [-0.05, 0) is 25.8 Å². The van der Waals surface area contributed by atoms with E-state index in [4.69, 9.17) is 0 Å². The largest absolute Gasteiger partial charge is 0.270 e. The fraction of sp³-hybridized carbons (Fsp3) is 0.625. The second-order valence-electron chi connectivity index (χ2n) is 2.78. The van der Waals surface area contributed by atoms with E-state index >= 15 is 0 Å². The summed E-state index contributed by atoms with van der Waals surface area (Å²) in [6.45, 7) is 6.40. The molecule has 0 saturated carbocycles. The molecular formula is C8H14N2. The van der Waals surface area contributed by atoms with E-state index in [-0.39, 0.29) is 0 Å². The van der Waals surface area contributed by atoms with Gasteiger partial charge in [0, 0.05) is 12.2 Å². The van der Waals surface area contributed by atoms with E-state index in [1.807, 2.05) is 10.9 Å². The summed E-state index contributed by atoms with van der Waals surface area (Å²) in [6.07, 6.45) is 5.11. The van der Waals surface area contributed by atoms with Crippen LogP contribution in [0.25, 0.3) is 0 Å². The first-order valence-electron chi connectivity index (χ1n) is 3.77. The highest BCUT2D eigenvalue weighted by Crippen LogP contribution is 2.04. The maximum absolute atomic E-state index is 4.20. The molecule has 2 heteroatoms. The first kappa shape index (κ1) is 7.32. The van der Waals surface area contributed by atoms with E-state index in [0.29, 0.717) is 6.04 Å². The first-order valence-corrected chi connectivity index (χ1v) is 3.77. The number of rotatable bonds is 2. The lowest BCUT2D eigenvalue weighted by molar-refractivity contribution is 0.532. The van der Waals surface area contributed by atoms with Crippen LogP contribution in [0.15, 0.2) is 12.4 Å². The van der Waals surface area contributed by atoms with Crippen LogP contribution in [0.1, 0.15) is 32.4 Å². The molecule has 0 aliphatic rings. The Kier molecular flexibility index (Phi) is 2.10. The second kappa shape index (κ2) is 2.86. The van der Waals surface area contributed by atoms with Crippen LogP contribution in [0.3, 0.4) is 0 Å². The van der Waals surface area contributed by atoms with Crippen LogP contribution in [0.4, 0.5) is 0 Å². The van der Waals surface area contributed by atoms with Crippen molar-refractivity contribution in [3.05, 3.63) is 18.0 Å². The van der Waals surface area contributed by atoms with Crippen molar-refractivity contribution in [1.29, 1.82) is 0 Å². The fourth-order valence-electron chi connectivity index (χ4n) is 0.842. The molecule has 0 fully saturated rings. The average molecular weight is 138 g/mol. The van der Waals surface area contributed by atoms with Crippen LogP contribution in [-0.2, 0) is 6.42 Å². The monoisotopic (exact) mass is 138 g/mol. The lowest BCUT2D eigenvalue weighted by Gasteiger charge is -2.02. The van der Waals surface area contributed by atoms with Gasteiger partial charge in [0.1, 0.15) is 0 Å². The van der Waals surface area contributed by atoms with Gasteiger partial charge in [-0.25, -0.2) is 0 Å². The second-order valence-corrected chi connectivity index (χ2v) is 2.78. The smallest absolute Gasteiger partial charge is 0.0521 e. The summed E-state index contributed by atoms with van der Waals surface area (Å²) in [5.74, 6) is 0. The molecule has 1 aromatic rings. The van der Waals surface area contributed by atoms with E-state index in [9.17, 15) is 0 Å². The molecule has 1 aromatic heterocycles. The van der Waals surface area contributed by atoms with Crippen molar-refractivity contribution >= 4 is 0 Å². The van der Waals surface area contributed by atoms with Crippen molar-refractivity contribution < 1.29 is 0 Å². The molecule has 0 aliphatic carbocycles. The van der Waals surface area contributed by atoms with Crippen molar-refractivity contribution in [3.63, 3.8) is 0 Å². The summed E-state index contributed by atoms with van der Waals surface area (Å²) < 4.78 is 1.98. The van der Waals surface area contributed by atoms with E-state index in [1.54, 1.807) is 0 Å². The van der Waals surface area contributed by atoms with Crippen LogP contribution in [0.2, 0.25) is 0 Å². The number of nitrogens with zero attached hydrogens (tertiary/aromatic N) is 2. The quantitative estimate of drug-likeness (QED) is 0.611. The van der Waals surface area contributed by atoms with Gasteiger partial charge in [0.05, 0.1) is 6.20 Å². The fourth-order valence-corrected chi connectivity index (χ4v) is 0.842. The predicted octanol–water partition coefficient (Wildman–Crippen LogP) is 2.03. The van der Waals surface area contributed by atoms with Crippen LogP contribution in [-0.4, -0.2) is 9.78 Å². The molecule has 0 spiro atoms. The Morgan fingerprint density at radius 3 is 2.60 bits per heavy atom. The molecule has 0 saturated heterocycles. The highest BCUT2D eigenvalue weighted by atomic mass is 15.3. The van der Waals surface area contributed by atoms with Gasteiger partial charge in [0.25, 0.3) is 0 Å². The van der Waals surface area contributed by atoms with Gasteiger partial charge in [-0.15, -0.1) is 0 Å². The zero-order valence-electron chi connectivity index (χ0n) is 6.83. The zero-order valence-corrected chi connectivity index (χ0v) is 6.83. The highest BCUT2D eigenvalue weighted by Gasteiger charge is 1.98. The Bertz CT molecular complexity index is 201. The molecule has 1 heterocycles. The summed E-state index contributed by atoms with van der Waals surface area (Å²) in [5.41, 5.74) is 1.31. The summed E-state index contributed by atoms with van der Waals surface area (Å²) in [4.78, 5) is 0. The molecule has 0 bridgehead atoms. The predicted molar refractivity (Wildman–Crippen MR) is 42.0 cm³/mol. The van der Waals surface area contributed by atoms with Gasteiger partial charge in [0.15, 0.2) is 0 Å². The summed E-state index contributed by atoms with van der Waals surface area (Å²) in [5, 5.41) is 4.20. The minimum absolute atomic E-state index is 0.486. The van der Waals surface area contributed by atoms with Crippen molar-refractivity contribution in [2.24, 2.45) is 0 Å². The number of aryl methyl sites for hydroxylation is 1. The molecule has 0 aromatic carbocycles. The summed E-state index contributed by atoms with van der Waals surface area (Å²) in [7, 11) is 0. The Hall–Kier alpha value is -0.790. The Balaban J connectivity index is 2.78. The molecule has 0 radical (unpaired) electrons. The van der Waals surface area contributed by atoms with Crippen molar-refractivity contribution in [2.75, 3.05) is 0 Å². The third-order valence-corrected chi connectivity index (χ3v) is 1.59. The Morgan fingerprint density at radius 1 is 1.60 bits per heavy atom. The number of hydrogen-bond donors (Lipinski definition) is 0. The number of aromatic nitrogens is 2. The number of hydrogen-bond acceptors (Lipinski definition) is 1. The van der Waals surface area contributed by atoms with E-state index in [1.165, 1.54) is 5.56 Å². The standard InChI is InChI=1S/C8H14N2/c1-4-8-5-9-10(6-8)7(2)3/h5-7H,4H2,1-3H3. The van der Waals surface area contributed by atoms with E-state index in [2.05, 4.69) is 32.1 Å². The molecule has 1 rings (SSSR count). The zero-order chi connectivity index (χ0) is 7.56. The molecule has 10 heavy (non-hydrogen) atoms. The molecule has 0 atom stereocenters. The summed E-state index contributed by atoms with van der Waals surface area (Å²) >= 11 is 0. The summed E-state index contributed by atoms with van der Waals surface area (Å²) in [6, 6.07) is 0.486. The van der Waals surface area contributed by atoms with E-state index in [0.717, 1.165) is 6.42 Å². The minimum Gasteiger partial charge on any atom is -0.270 e. The van der Waals surface area contributed by atoms with Crippen molar-refractivity contribution in [2.45, 2.75) is 33.2 Å². The van der Waals surface area contributed by atoms with Crippen LogP contribution in [0.5, 0.6) is 0 Å². The third kappa shape index (κ3) is 1.38. The maximum Gasteiger partial charge on any atom is 0.0521 e. The van der Waals surface area contributed by atoms with Gasteiger partial charge in [-0.3, -0.25) is 4.68 Å². The maximum atomic E-state index is 4.20. The van der Waals surface area contributed by atoms with Crippen molar-refractivity contribution in [1.82, 2.24) is 9.78 Å². The Morgan fingerprint density at radius 2 is 2.30 bits per heavy atom. The SMILES string of the molecule is CCc1cnn(C(C)C)c1. The van der Waals surface area contributed by atoms with Gasteiger partial charge in [-0.2, -0.15) is 5.10 Å². The highest BCUT2D eigenvalue weighted by molar-refractivity contribution is 5.03. The molecule has 0 N–H and O–H groups in total. The normalized spacial score (nSPS) is 10.8. The molecule has 0 unspecified atom stereocenters. The topological polar surface area (TPSA) is 17.8 Å². The molecule has 56 valence electrons. The molecule has 0 amide bonds. The first-order chi connectivity index (χ1) is 4.74. The molecular weight excluding hydrogens is 124 g/mol. The lowest BCUT2D eigenvalue weighted by Crippen LogP contribution is -1.99. The molecule has 2 nitrogen and oxygen atoms in total. The van der Waals surface area contributed by atoms with Crippen LogP contribution in [0, 0.1) is 0 Å². The van der Waals surface area contributed by atoms with Crippen molar-refractivity contribution in [3.8, 4) is 0 Å². The van der Waals surface area contributed by atoms with Gasteiger partial charge < -0.3 is 0 Å². The van der Waals surface area contributed by atoms with Crippen LogP contribution >= 0.6 is 0 Å². The molecule has 0 aliphatic heterocycles.